The molecule has 3 aromatic rings. The summed E-state index contributed by atoms with van der Waals surface area (Å²) in [6.45, 7) is -0.821. The molecule has 0 aliphatic rings. The number of rotatable bonds is 5. The predicted octanol–water partition coefficient (Wildman–Crippen LogP) is 3.94. The van der Waals surface area contributed by atoms with Gasteiger partial charge < -0.3 is 9.15 Å². The number of halogens is 4. The normalized spacial score (nSPS) is 10.7. The molecule has 3 rings (SSSR count). The van der Waals surface area contributed by atoms with Crippen molar-refractivity contribution in [3.8, 4) is 11.5 Å². The Morgan fingerprint density at radius 2 is 1.63 bits per heavy atom. The Bertz CT molecular complexity index is 991. The maximum absolute atomic E-state index is 13.7. The first kappa shape index (κ1) is 18.3. The van der Waals surface area contributed by atoms with Crippen LogP contribution in [0.2, 0.25) is 0 Å². The van der Waals surface area contributed by atoms with Gasteiger partial charge in [-0.3, -0.25) is 4.79 Å². The summed E-state index contributed by atoms with van der Waals surface area (Å²) < 4.78 is 63.1. The third-order valence-electron chi connectivity index (χ3n) is 3.41. The fourth-order valence-electron chi connectivity index (χ4n) is 2.19. The van der Waals surface area contributed by atoms with Crippen molar-refractivity contribution < 1.29 is 36.3 Å². The van der Waals surface area contributed by atoms with E-state index in [4.69, 9.17) is 9.15 Å². The Morgan fingerprint density at radius 3 is 2.26 bits per heavy atom. The number of carbonyl (C=O) groups excluding carboxylic acids is 2. The first-order valence-corrected chi connectivity index (χ1v) is 7.41. The van der Waals surface area contributed by atoms with Gasteiger partial charge in [0.25, 0.3) is 0 Å². The maximum atomic E-state index is 13.7. The van der Waals surface area contributed by atoms with Gasteiger partial charge in [0.15, 0.2) is 12.3 Å². The van der Waals surface area contributed by atoms with E-state index in [9.17, 15) is 27.2 Å². The number of ketones is 1. The number of nitrogens with zero attached hydrogens (tertiary/aromatic N) is 1. The standard InChI is InChI=1S/C18H9F4NO4/c19-10-4-9(5-11(20)6-10)15(24)8-27-18(25)14-7-26-17(23-14)16-12(21)2-1-3-13(16)22/h1-7H,8H2. The van der Waals surface area contributed by atoms with Gasteiger partial charge in [0.1, 0.15) is 35.1 Å². The second kappa shape index (κ2) is 7.40. The summed E-state index contributed by atoms with van der Waals surface area (Å²) in [5, 5.41) is 0. The van der Waals surface area contributed by atoms with Crippen molar-refractivity contribution in [3.05, 3.63) is 77.2 Å². The van der Waals surface area contributed by atoms with Gasteiger partial charge >= 0.3 is 5.97 Å². The molecule has 0 atom stereocenters. The summed E-state index contributed by atoms with van der Waals surface area (Å²) in [6, 6.07) is 5.27. The zero-order valence-corrected chi connectivity index (χ0v) is 13.3. The molecule has 0 N–H and O–H groups in total. The summed E-state index contributed by atoms with van der Waals surface area (Å²) in [7, 11) is 0. The minimum Gasteiger partial charge on any atom is -0.452 e. The monoisotopic (exact) mass is 379 g/mol. The lowest BCUT2D eigenvalue weighted by atomic mass is 10.1. The van der Waals surface area contributed by atoms with Crippen LogP contribution in [-0.4, -0.2) is 23.3 Å². The van der Waals surface area contributed by atoms with Gasteiger partial charge in [0, 0.05) is 11.6 Å². The largest absolute Gasteiger partial charge is 0.452 e. The van der Waals surface area contributed by atoms with E-state index in [1.165, 1.54) is 0 Å². The highest BCUT2D eigenvalue weighted by Gasteiger charge is 2.21. The molecule has 138 valence electrons. The topological polar surface area (TPSA) is 69.4 Å². The molecule has 27 heavy (non-hydrogen) atoms. The van der Waals surface area contributed by atoms with Gasteiger partial charge in [0.2, 0.25) is 11.7 Å². The van der Waals surface area contributed by atoms with Crippen LogP contribution in [0.1, 0.15) is 20.8 Å². The molecular formula is C18H9F4NO4. The summed E-state index contributed by atoms with van der Waals surface area (Å²) in [5.74, 6) is -6.27. The molecule has 0 saturated carbocycles. The quantitative estimate of drug-likeness (QED) is 0.382. The Balaban J connectivity index is 1.70. The van der Waals surface area contributed by atoms with Gasteiger partial charge in [-0.1, -0.05) is 6.07 Å². The van der Waals surface area contributed by atoms with Crippen LogP contribution in [0.15, 0.2) is 47.1 Å². The lowest BCUT2D eigenvalue weighted by molar-refractivity contribution is 0.0469. The number of hydrogen-bond acceptors (Lipinski definition) is 5. The van der Waals surface area contributed by atoms with Crippen LogP contribution in [-0.2, 0) is 4.74 Å². The lowest BCUT2D eigenvalue weighted by Gasteiger charge is -2.03. The molecule has 5 nitrogen and oxygen atoms in total. The third-order valence-corrected chi connectivity index (χ3v) is 3.41. The molecule has 0 unspecified atom stereocenters. The Hall–Kier alpha value is -3.49. The molecule has 0 saturated heterocycles. The molecule has 0 fully saturated rings. The van der Waals surface area contributed by atoms with E-state index in [0.717, 1.165) is 36.6 Å². The van der Waals surface area contributed by atoms with Crippen molar-refractivity contribution in [2.45, 2.75) is 0 Å². The van der Waals surface area contributed by atoms with Gasteiger partial charge in [-0.25, -0.2) is 27.3 Å². The van der Waals surface area contributed by atoms with Gasteiger partial charge in [-0.15, -0.1) is 0 Å². The summed E-state index contributed by atoms with van der Waals surface area (Å²) >= 11 is 0. The second-order valence-corrected chi connectivity index (χ2v) is 5.29. The average Bonchev–Trinajstić information content (AvgIpc) is 3.08. The molecule has 0 aliphatic carbocycles. The fraction of sp³-hybridized carbons (Fsp3) is 0.0556. The molecule has 9 heteroatoms. The maximum Gasteiger partial charge on any atom is 0.360 e. The van der Waals surface area contributed by atoms with E-state index in [0.29, 0.717) is 6.07 Å². The van der Waals surface area contributed by atoms with Crippen LogP contribution >= 0.6 is 0 Å². The molecule has 0 amide bonds. The molecular weight excluding hydrogens is 370 g/mol. The Morgan fingerprint density at radius 1 is 1.00 bits per heavy atom. The number of Topliss-reactive ketones (excluding diaryl/α,β-unsaturated/α-hetero) is 1. The van der Waals surface area contributed by atoms with Crippen LogP contribution in [0.3, 0.4) is 0 Å². The number of carbonyl (C=O) groups is 2. The molecule has 2 aromatic carbocycles. The number of ether oxygens (including phenoxy) is 1. The van der Waals surface area contributed by atoms with E-state index in [-0.39, 0.29) is 5.56 Å². The predicted molar refractivity (Wildman–Crippen MR) is 82.8 cm³/mol. The van der Waals surface area contributed by atoms with E-state index >= 15 is 0 Å². The van der Waals surface area contributed by atoms with Crippen molar-refractivity contribution in [3.63, 3.8) is 0 Å². The van der Waals surface area contributed by atoms with Crippen molar-refractivity contribution in [1.82, 2.24) is 4.98 Å². The average molecular weight is 379 g/mol. The summed E-state index contributed by atoms with van der Waals surface area (Å²) in [4.78, 5) is 27.4. The molecule has 0 spiro atoms. The molecule has 1 heterocycles. The highest BCUT2D eigenvalue weighted by atomic mass is 19.1. The second-order valence-electron chi connectivity index (χ2n) is 5.29. The number of oxazole rings is 1. The van der Waals surface area contributed by atoms with E-state index in [1.807, 2.05) is 0 Å². The molecule has 1 aromatic heterocycles. The first-order chi connectivity index (χ1) is 12.8. The fourth-order valence-corrected chi connectivity index (χ4v) is 2.19. The Kier molecular flexibility index (Phi) is 5.02. The van der Waals surface area contributed by atoms with E-state index in [2.05, 4.69) is 4.98 Å². The molecule has 0 bridgehead atoms. The Labute approximate surface area is 149 Å². The van der Waals surface area contributed by atoms with Gasteiger partial charge in [0.05, 0.1) is 0 Å². The van der Waals surface area contributed by atoms with Crippen LogP contribution in [0.4, 0.5) is 17.6 Å². The number of hydrogen-bond donors (Lipinski definition) is 0. The minimum atomic E-state index is -1.12. The highest BCUT2D eigenvalue weighted by molar-refractivity contribution is 5.99. The smallest absolute Gasteiger partial charge is 0.360 e. The van der Waals surface area contributed by atoms with E-state index < -0.39 is 58.8 Å². The van der Waals surface area contributed by atoms with Crippen molar-refractivity contribution in [1.29, 1.82) is 0 Å². The highest BCUT2D eigenvalue weighted by Crippen LogP contribution is 2.25. The SMILES string of the molecule is O=C(COC(=O)c1coc(-c2c(F)cccc2F)n1)c1cc(F)cc(F)c1. The zero-order chi connectivity index (χ0) is 19.6. The van der Waals surface area contributed by atoms with Crippen molar-refractivity contribution in [2.75, 3.05) is 6.61 Å². The molecule has 0 aliphatic heterocycles. The number of aromatic nitrogens is 1. The summed E-state index contributed by atoms with van der Waals surface area (Å²) in [5.41, 5.74) is -1.33. The number of esters is 1. The van der Waals surface area contributed by atoms with Crippen LogP contribution in [0.25, 0.3) is 11.5 Å². The zero-order valence-electron chi connectivity index (χ0n) is 13.3. The number of benzene rings is 2. The molecule has 0 radical (unpaired) electrons. The van der Waals surface area contributed by atoms with Crippen LogP contribution < -0.4 is 0 Å². The van der Waals surface area contributed by atoms with Crippen LogP contribution in [0, 0.1) is 23.3 Å². The van der Waals surface area contributed by atoms with E-state index in [1.54, 1.807) is 0 Å². The van der Waals surface area contributed by atoms with Crippen molar-refractivity contribution in [2.24, 2.45) is 0 Å². The third kappa shape index (κ3) is 4.02. The lowest BCUT2D eigenvalue weighted by Crippen LogP contribution is -2.15. The first-order valence-electron chi connectivity index (χ1n) is 7.41. The van der Waals surface area contributed by atoms with Crippen LogP contribution in [0.5, 0.6) is 0 Å². The van der Waals surface area contributed by atoms with Gasteiger partial charge in [-0.2, -0.15) is 0 Å². The summed E-state index contributed by atoms with van der Waals surface area (Å²) in [6.07, 6.45) is 0.801. The minimum absolute atomic E-state index is 0.324. The van der Waals surface area contributed by atoms with Crippen molar-refractivity contribution >= 4 is 11.8 Å². The van der Waals surface area contributed by atoms with Gasteiger partial charge in [-0.05, 0) is 24.3 Å².